The summed E-state index contributed by atoms with van der Waals surface area (Å²) in [5, 5.41) is 3.03. The SMILES string of the molecule is C[Si](C)CCP(c1ccccc1)c1ccccc1.c1cc[c]([Sn]([c]2ccccc2)[c]2ccccc2)cc1. The van der Waals surface area contributed by atoms with E-state index in [2.05, 4.69) is 165 Å². The Balaban J connectivity index is 0.000000173. The van der Waals surface area contributed by atoms with Gasteiger partial charge in [0.15, 0.2) is 0 Å². The van der Waals surface area contributed by atoms with Gasteiger partial charge in [-0.3, -0.25) is 0 Å². The zero-order valence-corrected chi connectivity index (χ0v) is 26.5. The van der Waals surface area contributed by atoms with Crippen molar-refractivity contribution in [2.45, 2.75) is 19.1 Å². The van der Waals surface area contributed by atoms with Crippen LogP contribution in [0, 0.1) is 0 Å². The van der Waals surface area contributed by atoms with Gasteiger partial charge in [-0.2, -0.15) is 0 Å². The normalized spacial score (nSPS) is 10.8. The van der Waals surface area contributed by atoms with Gasteiger partial charge in [-0.05, 0) is 24.7 Å². The fraction of sp³-hybridized carbons (Fsp3) is 0.118. The first-order chi connectivity index (χ1) is 18.2. The predicted octanol–water partition coefficient (Wildman–Crippen LogP) is 6.08. The van der Waals surface area contributed by atoms with Crippen molar-refractivity contribution in [1.29, 1.82) is 0 Å². The van der Waals surface area contributed by atoms with Gasteiger partial charge in [0.25, 0.3) is 0 Å². The number of hydrogen-bond donors (Lipinski definition) is 0. The van der Waals surface area contributed by atoms with Crippen molar-refractivity contribution < 1.29 is 0 Å². The molecule has 184 valence electrons. The minimum absolute atomic E-state index is 0.128. The third-order valence-electron chi connectivity index (χ3n) is 6.16. The first kappa shape index (κ1) is 27.6. The predicted molar refractivity (Wildman–Crippen MR) is 170 cm³/mol. The summed E-state index contributed by atoms with van der Waals surface area (Å²) in [4.78, 5) is 0. The summed E-state index contributed by atoms with van der Waals surface area (Å²) in [6.45, 7) is 4.82. The molecule has 0 heterocycles. The summed E-state index contributed by atoms with van der Waals surface area (Å²) in [7, 11) is -0.285. The molecular weight excluding hydrogens is 586 g/mol. The van der Waals surface area contributed by atoms with E-state index in [1.807, 2.05) is 0 Å². The van der Waals surface area contributed by atoms with Gasteiger partial charge in [0.05, 0.1) is 0 Å². The Morgan fingerprint density at radius 2 is 0.757 bits per heavy atom. The van der Waals surface area contributed by atoms with Gasteiger partial charge in [-0.25, -0.2) is 0 Å². The molecule has 5 aromatic rings. The van der Waals surface area contributed by atoms with E-state index in [0.29, 0.717) is 0 Å². The molecule has 0 unspecified atom stereocenters. The number of rotatable bonds is 8. The molecule has 0 amide bonds. The summed E-state index contributed by atoms with van der Waals surface area (Å²) >= 11 is -1.98. The molecule has 0 saturated carbocycles. The van der Waals surface area contributed by atoms with Gasteiger partial charge in [0, 0.05) is 8.80 Å². The van der Waals surface area contributed by atoms with Crippen molar-refractivity contribution in [3.05, 3.63) is 152 Å². The van der Waals surface area contributed by atoms with E-state index in [-0.39, 0.29) is 16.7 Å². The first-order valence-corrected chi connectivity index (χ1v) is 21.4. The molecule has 5 rings (SSSR count). The maximum atomic E-state index is 2.41. The molecule has 0 bridgehead atoms. The molecule has 0 nitrogen and oxygen atoms in total. The second kappa shape index (κ2) is 15.1. The van der Waals surface area contributed by atoms with Crippen LogP contribution in [0.4, 0.5) is 0 Å². The third kappa shape index (κ3) is 8.53. The van der Waals surface area contributed by atoms with Gasteiger partial charge in [-0.1, -0.05) is 79.8 Å². The molecule has 0 aromatic heterocycles. The van der Waals surface area contributed by atoms with E-state index >= 15 is 0 Å². The molecular formula is C34H35PSiSn. The standard InChI is InChI=1S/C16H20PSi.3C6H5.Sn/c1-18(2)14-13-17(15-9-5-3-6-10-15)16-11-7-4-8-12-16;3*1-2-4-6-5-3-1;/h3-12H,13-14H2,1-2H3;3*1-5H;. The molecule has 3 heteroatoms. The quantitative estimate of drug-likeness (QED) is 0.146. The zero-order valence-electron chi connectivity index (χ0n) is 21.8. The number of benzene rings is 5. The van der Waals surface area contributed by atoms with E-state index < -0.39 is 19.8 Å². The monoisotopic (exact) mass is 622 g/mol. The second-order valence-corrected chi connectivity index (χ2v) is 21.6. The van der Waals surface area contributed by atoms with Crippen LogP contribution in [0.3, 0.4) is 0 Å². The molecule has 2 radical (unpaired) electrons. The summed E-state index contributed by atoms with van der Waals surface area (Å²) in [5.41, 5.74) is 0. The van der Waals surface area contributed by atoms with Crippen molar-refractivity contribution in [2.24, 2.45) is 0 Å². The second-order valence-electron chi connectivity index (χ2n) is 9.25. The Hall–Kier alpha value is -2.45. The van der Waals surface area contributed by atoms with Crippen LogP contribution in [0.15, 0.2) is 152 Å². The van der Waals surface area contributed by atoms with E-state index in [0.717, 1.165) is 0 Å². The van der Waals surface area contributed by atoms with Crippen molar-refractivity contribution in [3.63, 3.8) is 0 Å². The van der Waals surface area contributed by atoms with E-state index in [9.17, 15) is 0 Å². The summed E-state index contributed by atoms with van der Waals surface area (Å²) in [6, 6.07) is 56.4. The summed E-state index contributed by atoms with van der Waals surface area (Å²) in [5.74, 6) is 0. The fourth-order valence-corrected chi connectivity index (χ4v) is 16.2. The van der Waals surface area contributed by atoms with Gasteiger partial charge in [-0.15, -0.1) is 0 Å². The van der Waals surface area contributed by atoms with Crippen LogP contribution in [0.5, 0.6) is 0 Å². The molecule has 5 aromatic carbocycles. The third-order valence-corrected chi connectivity index (χ3v) is 18.1. The van der Waals surface area contributed by atoms with Gasteiger partial charge in [0.2, 0.25) is 0 Å². The Labute approximate surface area is 233 Å². The topological polar surface area (TPSA) is 0 Å². The molecule has 0 aliphatic rings. The Morgan fingerprint density at radius 1 is 0.459 bits per heavy atom. The average molecular weight is 621 g/mol. The van der Waals surface area contributed by atoms with Crippen molar-refractivity contribution in [1.82, 2.24) is 0 Å². The van der Waals surface area contributed by atoms with Gasteiger partial charge in [0.1, 0.15) is 0 Å². The molecule has 0 aliphatic heterocycles. The molecule has 0 saturated heterocycles. The maximum absolute atomic E-state index is 2.41. The zero-order chi connectivity index (χ0) is 25.7. The van der Waals surface area contributed by atoms with Crippen molar-refractivity contribution in [2.75, 3.05) is 6.16 Å². The van der Waals surface area contributed by atoms with Gasteiger partial charge < -0.3 is 0 Å². The Kier molecular flexibility index (Phi) is 11.2. The molecule has 37 heavy (non-hydrogen) atoms. The fourth-order valence-electron chi connectivity index (χ4n) is 4.27. The van der Waals surface area contributed by atoms with Crippen LogP contribution in [-0.2, 0) is 0 Å². The molecule has 0 spiro atoms. The number of hydrogen-bond acceptors (Lipinski definition) is 0. The van der Waals surface area contributed by atoms with Crippen LogP contribution < -0.4 is 21.3 Å². The van der Waals surface area contributed by atoms with E-state index in [1.54, 1.807) is 0 Å². The van der Waals surface area contributed by atoms with E-state index in [1.165, 1.54) is 33.6 Å². The summed E-state index contributed by atoms with van der Waals surface area (Å²) < 4.78 is 4.59. The van der Waals surface area contributed by atoms with Crippen LogP contribution in [0.1, 0.15) is 0 Å². The minimum atomic E-state index is -1.98. The van der Waals surface area contributed by atoms with Crippen LogP contribution in [-0.4, -0.2) is 34.7 Å². The molecule has 0 N–H and O–H groups in total. The van der Waals surface area contributed by atoms with Crippen LogP contribution >= 0.6 is 7.92 Å². The van der Waals surface area contributed by atoms with Crippen molar-refractivity contribution in [3.8, 4) is 0 Å². The molecule has 0 aliphatic carbocycles. The molecule has 0 atom stereocenters. The van der Waals surface area contributed by atoms with E-state index in [4.69, 9.17) is 0 Å². The van der Waals surface area contributed by atoms with Crippen molar-refractivity contribution >= 4 is 57.8 Å². The summed E-state index contributed by atoms with van der Waals surface area (Å²) in [6.07, 6.45) is 1.34. The Bertz CT molecular complexity index is 1150. The van der Waals surface area contributed by atoms with Crippen LogP contribution in [0.25, 0.3) is 0 Å². The Morgan fingerprint density at radius 3 is 1.05 bits per heavy atom. The molecule has 0 fully saturated rings. The van der Waals surface area contributed by atoms with Crippen LogP contribution in [0.2, 0.25) is 19.1 Å². The average Bonchev–Trinajstić information content (AvgIpc) is 2.96. The first-order valence-electron chi connectivity index (χ1n) is 12.9. The van der Waals surface area contributed by atoms with Gasteiger partial charge >= 0.3 is 121 Å².